The van der Waals surface area contributed by atoms with Gasteiger partial charge in [0.25, 0.3) is 0 Å². The minimum atomic E-state index is -0.809. The van der Waals surface area contributed by atoms with Crippen molar-refractivity contribution in [3.05, 3.63) is 40.4 Å². The third-order valence-electron chi connectivity index (χ3n) is 2.43. The zero-order chi connectivity index (χ0) is 12.1. The van der Waals surface area contributed by atoms with Crippen LogP contribution in [0.2, 0.25) is 5.02 Å². The minimum absolute atomic E-state index is 0.0604. The predicted octanol–water partition coefficient (Wildman–Crippen LogP) is 3.92. The monoisotopic (exact) mass is 238 g/mol. The van der Waals surface area contributed by atoms with Crippen molar-refractivity contribution in [2.24, 2.45) is 0 Å². The van der Waals surface area contributed by atoms with Crippen molar-refractivity contribution in [2.45, 2.75) is 26.7 Å². The van der Waals surface area contributed by atoms with Crippen molar-refractivity contribution in [1.82, 2.24) is 0 Å². The Bertz CT molecular complexity index is 422. The highest BCUT2D eigenvalue weighted by Gasteiger charge is 2.03. The molecule has 0 unspecified atom stereocenters. The number of allylic oxidation sites excluding steroid dienone is 1. The third kappa shape index (κ3) is 3.38. The van der Waals surface area contributed by atoms with Crippen LogP contribution in [0.25, 0.3) is 5.57 Å². The molecule has 0 saturated heterocycles. The molecule has 16 heavy (non-hydrogen) atoms. The number of halogens is 1. The summed E-state index contributed by atoms with van der Waals surface area (Å²) in [5, 5.41) is 9.37. The van der Waals surface area contributed by atoms with E-state index in [0.717, 1.165) is 28.1 Å². The van der Waals surface area contributed by atoms with E-state index in [-0.39, 0.29) is 6.42 Å². The number of carboxylic acid groups (broad SMARTS) is 1. The highest BCUT2D eigenvalue weighted by molar-refractivity contribution is 6.31. The van der Waals surface area contributed by atoms with Gasteiger partial charge in [-0.2, -0.15) is 0 Å². The van der Waals surface area contributed by atoms with Crippen LogP contribution < -0.4 is 0 Å². The van der Waals surface area contributed by atoms with Gasteiger partial charge in [0.2, 0.25) is 0 Å². The van der Waals surface area contributed by atoms with E-state index in [0.29, 0.717) is 0 Å². The summed E-state index contributed by atoms with van der Waals surface area (Å²) in [4.78, 5) is 10.5. The Morgan fingerprint density at radius 1 is 1.50 bits per heavy atom. The summed E-state index contributed by atoms with van der Waals surface area (Å²) < 4.78 is 0. The molecule has 0 radical (unpaired) electrons. The number of carbonyl (C=O) groups is 1. The Hall–Kier alpha value is -1.28. The van der Waals surface area contributed by atoms with Gasteiger partial charge in [0, 0.05) is 5.02 Å². The minimum Gasteiger partial charge on any atom is -0.481 e. The number of benzene rings is 1. The van der Waals surface area contributed by atoms with E-state index in [1.54, 1.807) is 6.08 Å². The first-order valence-corrected chi connectivity index (χ1v) is 5.59. The lowest BCUT2D eigenvalue weighted by Crippen LogP contribution is -1.92. The molecule has 86 valence electrons. The first kappa shape index (κ1) is 12.8. The molecule has 1 N–H and O–H groups in total. The number of hydrogen-bond donors (Lipinski definition) is 1. The first-order chi connectivity index (χ1) is 7.54. The van der Waals surface area contributed by atoms with Crippen molar-refractivity contribution in [3.8, 4) is 0 Å². The maximum Gasteiger partial charge on any atom is 0.307 e. The lowest BCUT2D eigenvalue weighted by atomic mass is 10.0. The summed E-state index contributed by atoms with van der Waals surface area (Å²) in [6, 6.07) is 5.75. The fourth-order valence-electron chi connectivity index (χ4n) is 1.52. The fraction of sp³-hybridized carbons (Fsp3) is 0.308. The molecule has 0 aliphatic rings. The van der Waals surface area contributed by atoms with Crippen molar-refractivity contribution < 1.29 is 9.90 Å². The highest BCUT2D eigenvalue weighted by Crippen LogP contribution is 2.23. The Kier molecular flexibility index (Phi) is 4.56. The highest BCUT2D eigenvalue weighted by atomic mass is 35.5. The van der Waals surface area contributed by atoms with Crippen LogP contribution in [0.3, 0.4) is 0 Å². The van der Waals surface area contributed by atoms with E-state index >= 15 is 0 Å². The van der Waals surface area contributed by atoms with Crippen molar-refractivity contribution >= 4 is 23.1 Å². The predicted molar refractivity (Wildman–Crippen MR) is 66.7 cm³/mol. The fourth-order valence-corrected chi connectivity index (χ4v) is 1.64. The molecular formula is C13H15ClO2. The molecule has 0 heterocycles. The Balaban J connectivity index is 2.99. The molecule has 0 aliphatic carbocycles. The molecule has 0 atom stereocenters. The molecule has 2 nitrogen and oxygen atoms in total. The van der Waals surface area contributed by atoms with E-state index in [1.165, 1.54) is 0 Å². The normalized spacial score (nSPS) is 11.6. The second-order valence-electron chi connectivity index (χ2n) is 3.64. The topological polar surface area (TPSA) is 37.3 Å². The Morgan fingerprint density at radius 2 is 2.19 bits per heavy atom. The average Bonchev–Trinajstić information content (AvgIpc) is 2.23. The van der Waals surface area contributed by atoms with Gasteiger partial charge >= 0.3 is 5.97 Å². The molecule has 0 amide bonds. The van der Waals surface area contributed by atoms with Crippen molar-refractivity contribution in [1.29, 1.82) is 0 Å². The van der Waals surface area contributed by atoms with Crippen molar-refractivity contribution in [3.63, 3.8) is 0 Å². The van der Waals surface area contributed by atoms with Gasteiger partial charge in [-0.3, -0.25) is 4.79 Å². The van der Waals surface area contributed by atoms with Crippen LogP contribution in [-0.4, -0.2) is 11.1 Å². The molecule has 1 aromatic rings. The van der Waals surface area contributed by atoms with Crippen LogP contribution in [0.4, 0.5) is 0 Å². The summed E-state index contributed by atoms with van der Waals surface area (Å²) in [5.41, 5.74) is 3.10. The molecule has 0 aliphatic heterocycles. The second-order valence-corrected chi connectivity index (χ2v) is 4.05. The van der Waals surface area contributed by atoms with Gasteiger partial charge in [-0.05, 0) is 36.1 Å². The van der Waals surface area contributed by atoms with E-state index < -0.39 is 5.97 Å². The molecule has 0 fully saturated rings. The quantitative estimate of drug-likeness (QED) is 0.863. The maximum absolute atomic E-state index is 10.5. The van der Waals surface area contributed by atoms with Gasteiger partial charge in [0.05, 0.1) is 6.42 Å². The van der Waals surface area contributed by atoms with Crippen LogP contribution in [0.5, 0.6) is 0 Å². The van der Waals surface area contributed by atoms with Crippen LogP contribution in [-0.2, 0) is 4.79 Å². The zero-order valence-corrected chi connectivity index (χ0v) is 10.2. The van der Waals surface area contributed by atoms with Crippen LogP contribution in [0.15, 0.2) is 24.3 Å². The summed E-state index contributed by atoms with van der Waals surface area (Å²) >= 11 is 5.94. The molecule has 1 aromatic carbocycles. The van der Waals surface area contributed by atoms with Crippen molar-refractivity contribution in [2.75, 3.05) is 0 Å². The maximum atomic E-state index is 10.5. The van der Waals surface area contributed by atoms with E-state index in [2.05, 4.69) is 0 Å². The lowest BCUT2D eigenvalue weighted by Gasteiger charge is -2.07. The average molecular weight is 239 g/mol. The van der Waals surface area contributed by atoms with E-state index in [4.69, 9.17) is 16.7 Å². The van der Waals surface area contributed by atoms with Gasteiger partial charge in [-0.15, -0.1) is 0 Å². The molecule has 0 bridgehead atoms. The summed E-state index contributed by atoms with van der Waals surface area (Å²) in [7, 11) is 0. The Labute approximate surface area is 101 Å². The van der Waals surface area contributed by atoms with Crippen LogP contribution >= 0.6 is 11.6 Å². The third-order valence-corrected chi connectivity index (χ3v) is 2.86. The van der Waals surface area contributed by atoms with E-state index in [1.807, 2.05) is 32.0 Å². The van der Waals surface area contributed by atoms with Crippen LogP contribution in [0.1, 0.15) is 30.9 Å². The number of aryl methyl sites for hydroxylation is 1. The Morgan fingerprint density at radius 3 is 2.69 bits per heavy atom. The largest absolute Gasteiger partial charge is 0.481 e. The van der Waals surface area contributed by atoms with Gasteiger partial charge in [-0.25, -0.2) is 0 Å². The van der Waals surface area contributed by atoms with Gasteiger partial charge < -0.3 is 5.11 Å². The SMILES string of the molecule is CC/C(=C\CC(=O)O)c1ccc(Cl)c(C)c1. The molecule has 1 rings (SSSR count). The summed E-state index contributed by atoms with van der Waals surface area (Å²) in [6.07, 6.45) is 2.63. The van der Waals surface area contributed by atoms with Gasteiger partial charge in [0.15, 0.2) is 0 Å². The lowest BCUT2D eigenvalue weighted by molar-refractivity contribution is -0.135. The zero-order valence-electron chi connectivity index (χ0n) is 9.46. The number of aliphatic carboxylic acids is 1. The van der Waals surface area contributed by atoms with Gasteiger partial charge in [0.1, 0.15) is 0 Å². The number of rotatable bonds is 4. The standard InChI is InChI=1S/C13H15ClO2/c1-3-10(5-7-13(15)16)11-4-6-12(14)9(2)8-11/h4-6,8H,3,7H2,1-2H3,(H,15,16)/b10-5+. The summed E-state index contributed by atoms with van der Waals surface area (Å²) in [6.45, 7) is 3.95. The molecular weight excluding hydrogens is 224 g/mol. The molecule has 0 spiro atoms. The molecule has 0 aromatic heterocycles. The summed E-state index contributed by atoms with van der Waals surface area (Å²) in [5.74, 6) is -0.809. The second kappa shape index (κ2) is 5.71. The van der Waals surface area contributed by atoms with E-state index in [9.17, 15) is 4.79 Å². The number of hydrogen-bond acceptors (Lipinski definition) is 1. The first-order valence-electron chi connectivity index (χ1n) is 5.22. The molecule has 0 saturated carbocycles. The number of carboxylic acids is 1. The molecule has 3 heteroatoms. The van der Waals surface area contributed by atoms with Crippen LogP contribution in [0, 0.1) is 6.92 Å². The van der Waals surface area contributed by atoms with Gasteiger partial charge in [-0.1, -0.05) is 36.7 Å². The smallest absolute Gasteiger partial charge is 0.307 e.